The van der Waals surface area contributed by atoms with Gasteiger partial charge in [-0.1, -0.05) is 43.2 Å². The second kappa shape index (κ2) is 11.1. The van der Waals surface area contributed by atoms with Crippen LogP contribution in [0.3, 0.4) is 0 Å². The molecular formula is C20H34N4O. The maximum Gasteiger partial charge on any atom is 0.191 e. The van der Waals surface area contributed by atoms with Gasteiger partial charge in [0.1, 0.15) is 0 Å². The Labute approximate surface area is 152 Å². The SMILES string of the molecule is CCCCNC(=NCc1ccc(C)cc1)NCC(C)N1CCOCC1. The number of guanidine groups is 1. The second-order valence-corrected chi connectivity index (χ2v) is 6.81. The first-order chi connectivity index (χ1) is 12.2. The second-order valence-electron chi connectivity index (χ2n) is 6.81. The molecule has 1 aromatic rings. The van der Waals surface area contributed by atoms with Gasteiger partial charge < -0.3 is 15.4 Å². The maximum atomic E-state index is 5.44. The lowest BCUT2D eigenvalue weighted by molar-refractivity contribution is 0.0211. The fourth-order valence-corrected chi connectivity index (χ4v) is 2.81. The zero-order chi connectivity index (χ0) is 17.9. The Balaban J connectivity index is 1.87. The summed E-state index contributed by atoms with van der Waals surface area (Å²) >= 11 is 0. The highest BCUT2D eigenvalue weighted by atomic mass is 16.5. The predicted molar refractivity (Wildman–Crippen MR) is 105 cm³/mol. The van der Waals surface area contributed by atoms with E-state index in [1.165, 1.54) is 17.5 Å². The zero-order valence-corrected chi connectivity index (χ0v) is 16.1. The molecule has 5 nitrogen and oxygen atoms in total. The summed E-state index contributed by atoms with van der Waals surface area (Å²) in [5, 5.41) is 6.97. The molecule has 5 heteroatoms. The van der Waals surface area contributed by atoms with Crippen LogP contribution in [-0.2, 0) is 11.3 Å². The van der Waals surface area contributed by atoms with E-state index in [0.29, 0.717) is 12.6 Å². The number of benzene rings is 1. The minimum absolute atomic E-state index is 0.474. The largest absolute Gasteiger partial charge is 0.379 e. The van der Waals surface area contributed by atoms with Crippen molar-refractivity contribution in [3.8, 4) is 0 Å². The average molecular weight is 347 g/mol. The van der Waals surface area contributed by atoms with Crippen LogP contribution >= 0.6 is 0 Å². The molecule has 0 bridgehead atoms. The normalized spacial score (nSPS) is 17.3. The van der Waals surface area contributed by atoms with Gasteiger partial charge in [0.15, 0.2) is 5.96 Å². The van der Waals surface area contributed by atoms with Gasteiger partial charge in [0, 0.05) is 32.2 Å². The lowest BCUT2D eigenvalue weighted by atomic mass is 10.1. The number of hydrogen-bond acceptors (Lipinski definition) is 3. The Hall–Kier alpha value is -1.59. The fourth-order valence-electron chi connectivity index (χ4n) is 2.81. The summed E-state index contributed by atoms with van der Waals surface area (Å²) < 4.78 is 5.44. The topological polar surface area (TPSA) is 48.9 Å². The summed E-state index contributed by atoms with van der Waals surface area (Å²) in [6, 6.07) is 9.06. The van der Waals surface area contributed by atoms with Crippen molar-refractivity contribution in [2.75, 3.05) is 39.4 Å². The lowest BCUT2D eigenvalue weighted by Crippen LogP contribution is -2.49. The minimum Gasteiger partial charge on any atom is -0.379 e. The Bertz CT molecular complexity index is 509. The van der Waals surface area contributed by atoms with E-state index in [0.717, 1.165) is 51.8 Å². The smallest absolute Gasteiger partial charge is 0.191 e. The quantitative estimate of drug-likeness (QED) is 0.431. The number of nitrogens with zero attached hydrogens (tertiary/aromatic N) is 2. The van der Waals surface area contributed by atoms with Crippen molar-refractivity contribution < 1.29 is 4.74 Å². The molecule has 0 amide bonds. The molecule has 1 fully saturated rings. The Morgan fingerprint density at radius 2 is 1.92 bits per heavy atom. The van der Waals surface area contributed by atoms with Crippen molar-refractivity contribution in [2.45, 2.75) is 46.2 Å². The van der Waals surface area contributed by atoms with Gasteiger partial charge in [0.2, 0.25) is 0 Å². The third kappa shape index (κ3) is 7.45. The standard InChI is InChI=1S/C20H34N4O/c1-4-5-10-21-20(23-16-19-8-6-17(2)7-9-19)22-15-18(3)24-11-13-25-14-12-24/h6-9,18H,4-5,10-16H2,1-3H3,(H2,21,22,23). The molecule has 1 aromatic carbocycles. The van der Waals surface area contributed by atoms with Crippen molar-refractivity contribution in [3.05, 3.63) is 35.4 Å². The highest BCUT2D eigenvalue weighted by molar-refractivity contribution is 5.79. The Kier molecular flexibility index (Phi) is 8.77. The van der Waals surface area contributed by atoms with E-state index < -0.39 is 0 Å². The van der Waals surface area contributed by atoms with E-state index in [2.05, 4.69) is 60.6 Å². The van der Waals surface area contributed by atoms with E-state index in [9.17, 15) is 0 Å². The summed E-state index contributed by atoms with van der Waals surface area (Å²) in [6.07, 6.45) is 2.34. The van der Waals surface area contributed by atoms with Gasteiger partial charge in [-0.15, -0.1) is 0 Å². The summed E-state index contributed by atoms with van der Waals surface area (Å²) in [5.74, 6) is 0.911. The molecule has 0 aromatic heterocycles. The molecule has 1 unspecified atom stereocenters. The van der Waals surface area contributed by atoms with Gasteiger partial charge in [-0.2, -0.15) is 0 Å². The summed E-state index contributed by atoms with van der Waals surface area (Å²) in [7, 11) is 0. The maximum absolute atomic E-state index is 5.44. The van der Waals surface area contributed by atoms with Gasteiger partial charge in [0.25, 0.3) is 0 Å². The van der Waals surface area contributed by atoms with Gasteiger partial charge in [-0.05, 0) is 25.8 Å². The van der Waals surface area contributed by atoms with Crippen LogP contribution in [0.15, 0.2) is 29.3 Å². The Morgan fingerprint density at radius 1 is 1.20 bits per heavy atom. The zero-order valence-electron chi connectivity index (χ0n) is 16.1. The van der Waals surface area contributed by atoms with Crippen LogP contribution < -0.4 is 10.6 Å². The number of morpholine rings is 1. The molecule has 0 spiro atoms. The van der Waals surface area contributed by atoms with Crippen LogP contribution in [0.4, 0.5) is 0 Å². The number of aliphatic imine (C=N–C) groups is 1. The lowest BCUT2D eigenvalue weighted by Gasteiger charge is -2.32. The molecule has 0 radical (unpaired) electrons. The first kappa shape index (κ1) is 19.7. The fraction of sp³-hybridized carbons (Fsp3) is 0.650. The molecule has 25 heavy (non-hydrogen) atoms. The Morgan fingerprint density at radius 3 is 2.60 bits per heavy atom. The van der Waals surface area contributed by atoms with Crippen LogP contribution in [0.1, 0.15) is 37.8 Å². The van der Waals surface area contributed by atoms with Crippen molar-refractivity contribution >= 4 is 5.96 Å². The minimum atomic E-state index is 0.474. The molecule has 0 aliphatic carbocycles. The van der Waals surface area contributed by atoms with E-state index in [-0.39, 0.29) is 0 Å². The van der Waals surface area contributed by atoms with Crippen LogP contribution in [0.25, 0.3) is 0 Å². The summed E-state index contributed by atoms with van der Waals surface area (Å²) in [5.41, 5.74) is 2.52. The third-order valence-corrected chi connectivity index (χ3v) is 4.60. The number of ether oxygens (including phenoxy) is 1. The third-order valence-electron chi connectivity index (χ3n) is 4.60. The van der Waals surface area contributed by atoms with E-state index >= 15 is 0 Å². The van der Waals surface area contributed by atoms with Gasteiger partial charge in [0.05, 0.1) is 19.8 Å². The van der Waals surface area contributed by atoms with Crippen LogP contribution in [0.2, 0.25) is 0 Å². The van der Waals surface area contributed by atoms with Crippen molar-refractivity contribution in [1.29, 1.82) is 0 Å². The molecule has 2 rings (SSSR count). The number of nitrogens with one attached hydrogen (secondary N) is 2. The molecule has 140 valence electrons. The van der Waals surface area contributed by atoms with Crippen molar-refractivity contribution in [2.24, 2.45) is 4.99 Å². The molecular weight excluding hydrogens is 312 g/mol. The number of hydrogen-bond donors (Lipinski definition) is 2. The summed E-state index contributed by atoms with van der Waals surface area (Å²) in [6.45, 7) is 12.9. The van der Waals surface area contributed by atoms with Gasteiger partial charge in [-0.3, -0.25) is 4.90 Å². The molecule has 1 heterocycles. The molecule has 1 aliphatic rings. The van der Waals surface area contributed by atoms with Gasteiger partial charge >= 0.3 is 0 Å². The first-order valence-corrected chi connectivity index (χ1v) is 9.58. The number of rotatable bonds is 8. The summed E-state index contributed by atoms with van der Waals surface area (Å²) in [4.78, 5) is 7.24. The van der Waals surface area contributed by atoms with Crippen molar-refractivity contribution in [1.82, 2.24) is 15.5 Å². The molecule has 1 atom stereocenters. The molecule has 1 saturated heterocycles. The highest BCUT2D eigenvalue weighted by Crippen LogP contribution is 2.05. The number of unbranched alkanes of at least 4 members (excludes halogenated alkanes) is 1. The molecule has 1 aliphatic heterocycles. The highest BCUT2D eigenvalue weighted by Gasteiger charge is 2.16. The molecule has 0 saturated carbocycles. The van der Waals surface area contributed by atoms with Gasteiger partial charge in [-0.25, -0.2) is 4.99 Å². The predicted octanol–water partition coefficient (Wildman–Crippen LogP) is 2.55. The number of aryl methyl sites for hydroxylation is 1. The van der Waals surface area contributed by atoms with E-state index in [1.54, 1.807) is 0 Å². The van der Waals surface area contributed by atoms with Crippen LogP contribution in [-0.4, -0.2) is 56.3 Å². The van der Waals surface area contributed by atoms with Crippen LogP contribution in [0, 0.1) is 6.92 Å². The average Bonchev–Trinajstić information content (AvgIpc) is 2.65. The first-order valence-electron chi connectivity index (χ1n) is 9.58. The van der Waals surface area contributed by atoms with E-state index in [4.69, 9.17) is 9.73 Å². The molecule has 2 N–H and O–H groups in total. The van der Waals surface area contributed by atoms with Crippen molar-refractivity contribution in [3.63, 3.8) is 0 Å². The monoisotopic (exact) mass is 346 g/mol. The van der Waals surface area contributed by atoms with Crippen LogP contribution in [0.5, 0.6) is 0 Å². The van der Waals surface area contributed by atoms with E-state index in [1.807, 2.05) is 0 Å².